The summed E-state index contributed by atoms with van der Waals surface area (Å²) in [7, 11) is 0. The molecule has 0 heterocycles. The standard InChI is InChI=1S/C40H52O11/c1-21-18-30(50-38(46)22(2)24(4)41)36-37(49-27(7)44)35-23(3)29(47-25(5)42)19-32(51-33(45)17-16-28-14-12-11-13-15-28)40(35,10)20-31(48-26(6)43)34(21)39(36,8)9/h11-17,22,24,29-32,35-37,41H,3,18-20H2,1-2,4-10H3/b17-16+/t22?,24?,29-,30-,31-,32-,35-,36-,37-,40+/m0/s1. The molecule has 278 valence electrons. The van der Waals surface area contributed by atoms with E-state index < -0.39 is 95.1 Å². The number of carbonyl (C=O) groups excluding carboxylic acids is 5. The molecule has 3 aliphatic rings. The van der Waals surface area contributed by atoms with Gasteiger partial charge in [-0.05, 0) is 55.4 Å². The number of aliphatic hydroxyl groups is 1. The number of fused-ring (bicyclic) bond motifs is 3. The van der Waals surface area contributed by atoms with Gasteiger partial charge in [0.15, 0.2) is 0 Å². The molecule has 10 atom stereocenters. The molecule has 2 unspecified atom stereocenters. The highest BCUT2D eigenvalue weighted by Gasteiger charge is 2.64. The summed E-state index contributed by atoms with van der Waals surface area (Å²) in [6.45, 7) is 19.0. The predicted molar refractivity (Wildman–Crippen MR) is 187 cm³/mol. The molecule has 51 heavy (non-hydrogen) atoms. The Morgan fingerprint density at radius 1 is 0.882 bits per heavy atom. The molecule has 0 aliphatic heterocycles. The van der Waals surface area contributed by atoms with E-state index in [0.717, 1.165) is 16.7 Å². The van der Waals surface area contributed by atoms with E-state index in [-0.39, 0.29) is 19.3 Å². The van der Waals surface area contributed by atoms with Crippen LogP contribution in [0.5, 0.6) is 0 Å². The number of ether oxygens (including phenoxy) is 5. The molecular formula is C40H52O11. The van der Waals surface area contributed by atoms with E-state index in [1.165, 1.54) is 33.8 Å². The van der Waals surface area contributed by atoms with Gasteiger partial charge in [0.2, 0.25) is 0 Å². The molecule has 1 aromatic rings. The Morgan fingerprint density at radius 2 is 1.47 bits per heavy atom. The van der Waals surface area contributed by atoms with Crippen molar-refractivity contribution in [1.82, 2.24) is 0 Å². The van der Waals surface area contributed by atoms with Crippen LogP contribution in [0.25, 0.3) is 6.08 Å². The second kappa shape index (κ2) is 15.6. The van der Waals surface area contributed by atoms with E-state index in [9.17, 15) is 29.1 Å². The van der Waals surface area contributed by atoms with Crippen LogP contribution in [-0.2, 0) is 47.7 Å². The molecule has 2 bridgehead atoms. The monoisotopic (exact) mass is 708 g/mol. The van der Waals surface area contributed by atoms with E-state index in [1.54, 1.807) is 13.0 Å². The second-order valence-electron chi connectivity index (χ2n) is 15.1. The first kappa shape index (κ1) is 39.5. The average molecular weight is 709 g/mol. The van der Waals surface area contributed by atoms with Gasteiger partial charge in [-0.3, -0.25) is 19.2 Å². The fourth-order valence-electron chi connectivity index (χ4n) is 8.65. The second-order valence-corrected chi connectivity index (χ2v) is 15.1. The number of benzene rings is 1. The van der Waals surface area contributed by atoms with Gasteiger partial charge in [-0.2, -0.15) is 0 Å². The molecule has 0 saturated heterocycles. The summed E-state index contributed by atoms with van der Waals surface area (Å²) in [4.78, 5) is 65.2. The molecule has 1 N–H and O–H groups in total. The molecule has 0 spiro atoms. The molecule has 0 amide bonds. The highest BCUT2D eigenvalue weighted by atomic mass is 16.6. The summed E-state index contributed by atoms with van der Waals surface area (Å²) in [6, 6.07) is 9.23. The average Bonchev–Trinajstić information content (AvgIpc) is 3.00. The van der Waals surface area contributed by atoms with Gasteiger partial charge < -0.3 is 28.8 Å². The Hall–Kier alpha value is -4.25. The van der Waals surface area contributed by atoms with E-state index in [1.807, 2.05) is 58.0 Å². The molecule has 4 rings (SSSR count). The highest BCUT2D eigenvalue weighted by molar-refractivity contribution is 5.87. The van der Waals surface area contributed by atoms with Crippen LogP contribution in [0.4, 0.5) is 0 Å². The number of hydrogen-bond donors (Lipinski definition) is 1. The largest absolute Gasteiger partial charge is 0.461 e. The van der Waals surface area contributed by atoms with Gasteiger partial charge in [-0.25, -0.2) is 4.79 Å². The lowest BCUT2D eigenvalue weighted by Gasteiger charge is -2.60. The van der Waals surface area contributed by atoms with Crippen LogP contribution in [0.1, 0.15) is 87.1 Å². The number of hydrogen-bond acceptors (Lipinski definition) is 11. The third kappa shape index (κ3) is 8.46. The van der Waals surface area contributed by atoms with E-state index >= 15 is 0 Å². The molecule has 11 heteroatoms. The van der Waals surface area contributed by atoms with Crippen molar-refractivity contribution in [3.63, 3.8) is 0 Å². The first-order valence-electron chi connectivity index (χ1n) is 17.5. The van der Waals surface area contributed by atoms with Gasteiger partial charge in [0.25, 0.3) is 0 Å². The highest BCUT2D eigenvalue weighted by Crippen LogP contribution is 2.61. The third-order valence-corrected chi connectivity index (χ3v) is 11.0. The van der Waals surface area contributed by atoms with Crippen molar-refractivity contribution in [3.05, 3.63) is 65.3 Å². The molecule has 1 aromatic carbocycles. The minimum atomic E-state index is -1.12. The fourth-order valence-corrected chi connectivity index (χ4v) is 8.65. The molecule has 2 saturated carbocycles. The smallest absolute Gasteiger partial charge is 0.331 e. The van der Waals surface area contributed by atoms with Crippen molar-refractivity contribution in [2.24, 2.45) is 28.6 Å². The molecule has 0 radical (unpaired) electrons. The van der Waals surface area contributed by atoms with Crippen LogP contribution in [0.3, 0.4) is 0 Å². The predicted octanol–water partition coefficient (Wildman–Crippen LogP) is 5.68. The number of carbonyl (C=O) groups is 5. The molecular weight excluding hydrogens is 656 g/mol. The molecule has 11 nitrogen and oxygen atoms in total. The summed E-state index contributed by atoms with van der Waals surface area (Å²) >= 11 is 0. The van der Waals surface area contributed by atoms with Crippen LogP contribution in [0.2, 0.25) is 0 Å². The van der Waals surface area contributed by atoms with Gasteiger partial charge in [0.1, 0.15) is 30.5 Å². The van der Waals surface area contributed by atoms with Crippen LogP contribution >= 0.6 is 0 Å². The summed E-state index contributed by atoms with van der Waals surface area (Å²) in [5, 5.41) is 10.2. The van der Waals surface area contributed by atoms with Crippen molar-refractivity contribution < 1.29 is 52.8 Å². The quantitative estimate of drug-likeness (QED) is 0.146. The summed E-state index contributed by atoms with van der Waals surface area (Å²) in [5.74, 6) is -5.40. The molecule has 2 fully saturated rings. The van der Waals surface area contributed by atoms with Crippen molar-refractivity contribution in [1.29, 1.82) is 0 Å². The van der Waals surface area contributed by atoms with Gasteiger partial charge in [0, 0.05) is 56.9 Å². The Balaban J connectivity index is 1.95. The van der Waals surface area contributed by atoms with Crippen molar-refractivity contribution in [2.45, 2.75) is 118 Å². The zero-order chi connectivity index (χ0) is 38.0. The van der Waals surface area contributed by atoms with E-state index in [2.05, 4.69) is 6.58 Å². The Morgan fingerprint density at radius 3 is 2.04 bits per heavy atom. The lowest BCUT2D eigenvalue weighted by atomic mass is 9.49. The first-order chi connectivity index (χ1) is 23.8. The van der Waals surface area contributed by atoms with Crippen molar-refractivity contribution >= 4 is 35.9 Å². The van der Waals surface area contributed by atoms with Gasteiger partial charge in [0.05, 0.1) is 12.0 Å². The zero-order valence-corrected chi connectivity index (χ0v) is 31.1. The maximum atomic E-state index is 13.5. The maximum absolute atomic E-state index is 13.5. The minimum absolute atomic E-state index is 0.0479. The summed E-state index contributed by atoms with van der Waals surface area (Å²) in [5.41, 5.74) is 0.816. The lowest BCUT2D eigenvalue weighted by molar-refractivity contribution is -0.205. The van der Waals surface area contributed by atoms with Crippen LogP contribution < -0.4 is 0 Å². The normalized spacial score (nSPS) is 31.3. The zero-order valence-electron chi connectivity index (χ0n) is 31.1. The van der Waals surface area contributed by atoms with Crippen LogP contribution in [0, 0.1) is 28.6 Å². The Labute approximate surface area is 300 Å². The minimum Gasteiger partial charge on any atom is -0.461 e. The maximum Gasteiger partial charge on any atom is 0.331 e. The van der Waals surface area contributed by atoms with Crippen LogP contribution in [0.15, 0.2) is 59.7 Å². The number of aliphatic hydroxyl groups excluding tert-OH is 1. The van der Waals surface area contributed by atoms with Gasteiger partial charge in [-0.1, -0.05) is 63.3 Å². The van der Waals surface area contributed by atoms with Crippen molar-refractivity contribution in [2.75, 3.05) is 0 Å². The van der Waals surface area contributed by atoms with E-state index in [4.69, 9.17) is 23.7 Å². The molecule has 3 aliphatic carbocycles. The number of rotatable bonds is 9. The molecule has 0 aromatic heterocycles. The summed E-state index contributed by atoms with van der Waals surface area (Å²) < 4.78 is 30.6. The van der Waals surface area contributed by atoms with Gasteiger partial charge in [-0.15, -0.1) is 0 Å². The van der Waals surface area contributed by atoms with Crippen molar-refractivity contribution in [3.8, 4) is 0 Å². The van der Waals surface area contributed by atoms with Gasteiger partial charge >= 0.3 is 29.8 Å². The third-order valence-electron chi connectivity index (χ3n) is 11.0. The first-order valence-corrected chi connectivity index (χ1v) is 17.5. The van der Waals surface area contributed by atoms with E-state index in [0.29, 0.717) is 5.57 Å². The lowest BCUT2D eigenvalue weighted by Crippen LogP contribution is -2.64. The number of esters is 5. The SMILES string of the molecule is C=C1[C@@H](OC(C)=O)C[C@H](OC(=O)/C=C/c2ccccc2)[C@@]2(C)C[C@H](OC(C)=O)C3=C(C)C[C@H](OC(=O)C(C)C(C)O)[C@@H]([C@@H](OC(C)=O)[C@H]12)C3(C)C. The Bertz CT molecular complexity index is 1590. The van der Waals surface area contributed by atoms with Crippen LogP contribution in [-0.4, -0.2) is 71.6 Å². The topological polar surface area (TPSA) is 152 Å². The Kier molecular flexibility index (Phi) is 12.1. The fraction of sp³-hybridized carbons (Fsp3) is 0.575. The summed E-state index contributed by atoms with van der Waals surface area (Å²) in [6.07, 6.45) is -2.16.